The smallest absolute Gasteiger partial charge is 0.274 e. The number of nitro benzene ring substituents is 1. The van der Waals surface area contributed by atoms with Gasteiger partial charge >= 0.3 is 0 Å². The summed E-state index contributed by atoms with van der Waals surface area (Å²) in [6.07, 6.45) is 0. The fraction of sp³-hybridized carbons (Fsp3) is 0.417. The highest BCUT2D eigenvalue weighted by Crippen LogP contribution is 2.20. The molecule has 6 nitrogen and oxygen atoms in total. The lowest BCUT2D eigenvalue weighted by atomic mass is 9.93. The molecule has 0 fully saturated rings. The quantitative estimate of drug-likeness (QED) is 0.601. The molecule has 0 aliphatic heterocycles. The van der Waals surface area contributed by atoms with Crippen molar-refractivity contribution in [2.45, 2.75) is 20.4 Å². The van der Waals surface area contributed by atoms with Crippen LogP contribution in [0.25, 0.3) is 0 Å². The highest BCUT2D eigenvalue weighted by atomic mass is 19.1. The van der Waals surface area contributed by atoms with Crippen LogP contribution in [0.4, 0.5) is 10.1 Å². The summed E-state index contributed by atoms with van der Waals surface area (Å²) in [6.45, 7) is 3.64. The third-order valence-electron chi connectivity index (χ3n) is 2.79. The molecule has 1 aromatic rings. The number of nitrogens with two attached hydrogens (primary N) is 1. The molecule has 1 aromatic carbocycles. The molecule has 7 heteroatoms. The number of hydrogen-bond acceptors (Lipinski definition) is 4. The number of hydrogen-bond donors (Lipinski definition) is 2. The van der Waals surface area contributed by atoms with Crippen molar-refractivity contribution in [1.29, 1.82) is 0 Å². The monoisotopic (exact) mass is 269 g/mol. The Morgan fingerprint density at radius 2 is 2.16 bits per heavy atom. The van der Waals surface area contributed by atoms with Crippen LogP contribution in [0.15, 0.2) is 18.2 Å². The van der Waals surface area contributed by atoms with Gasteiger partial charge in [-0.3, -0.25) is 14.9 Å². The van der Waals surface area contributed by atoms with E-state index in [1.165, 1.54) is 0 Å². The van der Waals surface area contributed by atoms with Gasteiger partial charge in [0, 0.05) is 24.7 Å². The van der Waals surface area contributed by atoms with Crippen LogP contribution in [0, 0.1) is 21.3 Å². The highest BCUT2D eigenvalue weighted by molar-refractivity contribution is 5.80. The van der Waals surface area contributed by atoms with Gasteiger partial charge in [0.25, 0.3) is 5.69 Å². The van der Waals surface area contributed by atoms with E-state index in [9.17, 15) is 19.3 Å². The number of benzene rings is 1. The molecule has 0 spiro atoms. The maximum Gasteiger partial charge on any atom is 0.274 e. The average Bonchev–Trinajstić information content (AvgIpc) is 2.28. The molecule has 0 atom stereocenters. The number of carbonyl (C=O) groups excluding carboxylic acids is 1. The summed E-state index contributed by atoms with van der Waals surface area (Å²) in [5.74, 6) is -1.02. The highest BCUT2D eigenvalue weighted by Gasteiger charge is 2.24. The van der Waals surface area contributed by atoms with Gasteiger partial charge in [0.15, 0.2) is 0 Å². The molecular weight excluding hydrogens is 253 g/mol. The molecule has 104 valence electrons. The predicted molar refractivity (Wildman–Crippen MR) is 67.7 cm³/mol. The van der Waals surface area contributed by atoms with Crippen LogP contribution in [-0.4, -0.2) is 17.4 Å². The Labute approximate surface area is 109 Å². The Morgan fingerprint density at radius 3 is 2.68 bits per heavy atom. The van der Waals surface area contributed by atoms with Crippen molar-refractivity contribution in [3.63, 3.8) is 0 Å². The summed E-state index contributed by atoms with van der Waals surface area (Å²) in [5.41, 5.74) is 4.49. The van der Waals surface area contributed by atoms with Gasteiger partial charge in [-0.25, -0.2) is 4.39 Å². The molecule has 0 aromatic heterocycles. The number of primary amides is 1. The standard InChI is InChI=1S/C12H16FN3O3/c1-12(2,11(14)17)7-15-6-8-5-9(13)3-4-10(8)16(18)19/h3-5,15H,6-7H2,1-2H3,(H2,14,17). The van der Waals surface area contributed by atoms with Gasteiger partial charge in [0.05, 0.1) is 10.3 Å². The SMILES string of the molecule is CC(C)(CNCc1cc(F)ccc1[N+](=O)[O-])C(N)=O. The molecular formula is C12H16FN3O3. The molecule has 0 radical (unpaired) electrons. The van der Waals surface area contributed by atoms with Crippen LogP contribution >= 0.6 is 0 Å². The molecule has 0 heterocycles. The Bertz CT molecular complexity index is 503. The van der Waals surface area contributed by atoms with Crippen LogP contribution in [0.3, 0.4) is 0 Å². The van der Waals surface area contributed by atoms with E-state index in [1.807, 2.05) is 0 Å². The van der Waals surface area contributed by atoms with Crippen molar-refractivity contribution in [2.24, 2.45) is 11.1 Å². The fourth-order valence-electron chi connectivity index (χ4n) is 1.47. The Balaban J connectivity index is 2.75. The van der Waals surface area contributed by atoms with Gasteiger partial charge in [-0.05, 0) is 26.0 Å². The largest absolute Gasteiger partial charge is 0.369 e. The third-order valence-corrected chi connectivity index (χ3v) is 2.79. The van der Waals surface area contributed by atoms with Crippen molar-refractivity contribution in [2.75, 3.05) is 6.54 Å². The van der Waals surface area contributed by atoms with E-state index < -0.39 is 22.1 Å². The first kappa shape index (κ1) is 15.0. The fourth-order valence-corrected chi connectivity index (χ4v) is 1.47. The molecule has 0 unspecified atom stereocenters. The zero-order chi connectivity index (χ0) is 14.6. The lowest BCUT2D eigenvalue weighted by Crippen LogP contribution is -2.40. The molecule has 0 aliphatic carbocycles. The molecule has 1 rings (SSSR count). The number of amides is 1. The molecule has 0 saturated heterocycles. The van der Waals surface area contributed by atoms with Gasteiger partial charge < -0.3 is 11.1 Å². The van der Waals surface area contributed by atoms with E-state index in [0.717, 1.165) is 18.2 Å². The number of nitrogens with one attached hydrogen (secondary N) is 1. The minimum Gasteiger partial charge on any atom is -0.369 e. The van der Waals surface area contributed by atoms with E-state index in [4.69, 9.17) is 5.73 Å². The van der Waals surface area contributed by atoms with E-state index in [1.54, 1.807) is 13.8 Å². The number of halogens is 1. The molecule has 3 N–H and O–H groups in total. The van der Waals surface area contributed by atoms with Gasteiger partial charge in [-0.2, -0.15) is 0 Å². The van der Waals surface area contributed by atoms with Crippen LogP contribution < -0.4 is 11.1 Å². The van der Waals surface area contributed by atoms with Crippen molar-refractivity contribution in [3.8, 4) is 0 Å². The minimum atomic E-state index is -0.776. The van der Waals surface area contributed by atoms with Crippen molar-refractivity contribution >= 4 is 11.6 Å². The van der Waals surface area contributed by atoms with Gasteiger partial charge in [-0.1, -0.05) is 0 Å². The molecule has 19 heavy (non-hydrogen) atoms. The molecule has 0 bridgehead atoms. The van der Waals surface area contributed by atoms with Crippen molar-refractivity contribution in [1.82, 2.24) is 5.32 Å². The van der Waals surface area contributed by atoms with Crippen molar-refractivity contribution < 1.29 is 14.1 Å². The van der Waals surface area contributed by atoms with E-state index in [2.05, 4.69) is 5.32 Å². The zero-order valence-electron chi connectivity index (χ0n) is 10.8. The molecule has 0 aliphatic rings. The average molecular weight is 269 g/mol. The summed E-state index contributed by atoms with van der Waals surface area (Å²) >= 11 is 0. The van der Waals surface area contributed by atoms with E-state index in [-0.39, 0.29) is 24.3 Å². The normalized spacial score (nSPS) is 11.3. The zero-order valence-corrected chi connectivity index (χ0v) is 10.8. The van der Waals surface area contributed by atoms with Crippen LogP contribution in [-0.2, 0) is 11.3 Å². The summed E-state index contributed by atoms with van der Waals surface area (Å²) < 4.78 is 13.1. The molecule has 0 saturated carbocycles. The molecule has 1 amide bonds. The second kappa shape index (κ2) is 5.75. The van der Waals surface area contributed by atoms with Crippen LogP contribution in [0.2, 0.25) is 0 Å². The maximum atomic E-state index is 13.1. The second-order valence-corrected chi connectivity index (χ2v) is 4.88. The van der Waals surface area contributed by atoms with Gasteiger partial charge in [0.2, 0.25) is 5.91 Å². The second-order valence-electron chi connectivity index (χ2n) is 4.88. The Hall–Kier alpha value is -2.02. The summed E-state index contributed by atoms with van der Waals surface area (Å²) in [6, 6.07) is 3.25. The van der Waals surface area contributed by atoms with Gasteiger partial charge in [-0.15, -0.1) is 0 Å². The van der Waals surface area contributed by atoms with E-state index >= 15 is 0 Å². The first-order valence-corrected chi connectivity index (χ1v) is 5.67. The van der Waals surface area contributed by atoms with Crippen molar-refractivity contribution in [3.05, 3.63) is 39.7 Å². The predicted octanol–water partition coefficient (Wildman–Crippen LogP) is 1.33. The van der Waals surface area contributed by atoms with Crippen LogP contribution in [0.5, 0.6) is 0 Å². The number of carbonyl (C=O) groups is 1. The summed E-state index contributed by atoms with van der Waals surface area (Å²) in [5, 5.41) is 13.7. The maximum absolute atomic E-state index is 13.1. The van der Waals surface area contributed by atoms with Gasteiger partial charge in [0.1, 0.15) is 5.82 Å². The summed E-state index contributed by atoms with van der Waals surface area (Å²) in [7, 11) is 0. The third kappa shape index (κ3) is 3.99. The minimum absolute atomic E-state index is 0.0881. The Morgan fingerprint density at radius 1 is 1.53 bits per heavy atom. The lowest BCUT2D eigenvalue weighted by molar-refractivity contribution is -0.385. The number of nitro groups is 1. The van der Waals surface area contributed by atoms with Crippen LogP contribution in [0.1, 0.15) is 19.4 Å². The lowest BCUT2D eigenvalue weighted by Gasteiger charge is -2.20. The van der Waals surface area contributed by atoms with E-state index in [0.29, 0.717) is 0 Å². The first-order valence-electron chi connectivity index (χ1n) is 5.67. The first-order chi connectivity index (χ1) is 8.74. The number of rotatable bonds is 6. The number of nitrogens with zero attached hydrogens (tertiary/aromatic N) is 1. The summed E-state index contributed by atoms with van der Waals surface area (Å²) in [4.78, 5) is 21.3. The Kier molecular flexibility index (Phi) is 4.55. The topological polar surface area (TPSA) is 98.3 Å².